The highest BCUT2D eigenvalue weighted by Gasteiger charge is 2.26. The number of carbonyl (C=O) groups is 2. The van der Waals surface area contributed by atoms with E-state index in [0.29, 0.717) is 5.56 Å². The second-order valence-electron chi connectivity index (χ2n) is 4.00. The highest BCUT2D eigenvalue weighted by Crippen LogP contribution is 2.06. The minimum Gasteiger partial charge on any atom is -0.480 e. The van der Waals surface area contributed by atoms with Crippen LogP contribution in [-0.4, -0.2) is 42.2 Å². The van der Waals surface area contributed by atoms with Crippen LogP contribution in [0.2, 0.25) is 0 Å². The van der Waals surface area contributed by atoms with Crippen molar-refractivity contribution in [2.45, 2.75) is 18.7 Å². The van der Waals surface area contributed by atoms with Gasteiger partial charge in [-0.05, 0) is 17.7 Å². The lowest BCUT2D eigenvalue weighted by molar-refractivity contribution is -0.140. The summed E-state index contributed by atoms with van der Waals surface area (Å²) in [6, 6.07) is 1.63. The number of nitrogens with zero attached hydrogens (tertiary/aromatic N) is 1. The molecule has 8 heteroatoms. The van der Waals surface area contributed by atoms with Gasteiger partial charge in [0.15, 0.2) is 9.84 Å². The quantitative estimate of drug-likeness (QED) is 0.734. The first-order valence-electron chi connectivity index (χ1n) is 5.39. The Morgan fingerprint density at radius 3 is 2.42 bits per heavy atom. The van der Waals surface area contributed by atoms with Crippen LogP contribution in [0.4, 0.5) is 0 Å². The maximum atomic E-state index is 11.9. The lowest BCUT2D eigenvalue weighted by Crippen LogP contribution is -2.44. The minimum absolute atomic E-state index is 0.293. The summed E-state index contributed by atoms with van der Waals surface area (Å²) in [6.45, 7) is 1.13. The smallest absolute Gasteiger partial charge is 0.327 e. The summed E-state index contributed by atoms with van der Waals surface area (Å²) in [4.78, 5) is 25.5. The molecule has 0 aliphatic rings. The molecule has 1 amide bonds. The second-order valence-corrected chi connectivity index (χ2v) is 6.11. The third-order valence-corrected chi connectivity index (χ3v) is 3.85. The number of hydrogen-bond acceptors (Lipinski definition) is 5. The Hall–Kier alpha value is -1.96. The highest BCUT2D eigenvalue weighted by molar-refractivity contribution is 7.90. The number of rotatable bonds is 6. The van der Waals surface area contributed by atoms with E-state index in [1.807, 2.05) is 0 Å². The average Bonchev–Trinajstić information content (AvgIpc) is 2.27. The third-order valence-electron chi connectivity index (χ3n) is 2.23. The van der Waals surface area contributed by atoms with Crippen LogP contribution in [0, 0.1) is 0 Å². The molecule has 0 bridgehead atoms. The van der Waals surface area contributed by atoms with Gasteiger partial charge < -0.3 is 10.4 Å². The lowest BCUT2D eigenvalue weighted by atomic mass is 10.3. The zero-order valence-electron chi connectivity index (χ0n) is 10.2. The van der Waals surface area contributed by atoms with E-state index in [1.165, 1.54) is 24.5 Å². The first-order chi connectivity index (χ1) is 8.80. The van der Waals surface area contributed by atoms with Crippen molar-refractivity contribution in [1.29, 1.82) is 0 Å². The van der Waals surface area contributed by atoms with Gasteiger partial charge in [0.05, 0.1) is 11.5 Å². The van der Waals surface area contributed by atoms with Crippen LogP contribution in [-0.2, 0) is 25.2 Å². The van der Waals surface area contributed by atoms with Crippen molar-refractivity contribution in [2.75, 3.05) is 5.75 Å². The summed E-state index contributed by atoms with van der Waals surface area (Å²) in [6.07, 6.45) is 2.90. The largest absolute Gasteiger partial charge is 0.480 e. The molecule has 0 radical (unpaired) electrons. The summed E-state index contributed by atoms with van der Waals surface area (Å²) in [5, 5.41) is 11.0. The molecule has 104 valence electrons. The fraction of sp³-hybridized carbons (Fsp3) is 0.364. The molecule has 1 heterocycles. The molecule has 1 aromatic heterocycles. The van der Waals surface area contributed by atoms with Gasteiger partial charge in [0, 0.05) is 19.3 Å². The van der Waals surface area contributed by atoms with Gasteiger partial charge in [-0.3, -0.25) is 9.78 Å². The molecule has 2 N–H and O–H groups in total. The van der Waals surface area contributed by atoms with Gasteiger partial charge >= 0.3 is 5.97 Å². The SMILES string of the molecule is CC(=O)N[C@@H](CS(=O)(=O)Cc1ccncc1)C(=O)O. The zero-order chi connectivity index (χ0) is 14.5. The van der Waals surface area contributed by atoms with Crippen molar-refractivity contribution in [3.8, 4) is 0 Å². The van der Waals surface area contributed by atoms with Gasteiger partial charge in [-0.2, -0.15) is 0 Å². The van der Waals surface area contributed by atoms with Crippen LogP contribution < -0.4 is 5.32 Å². The number of aromatic nitrogens is 1. The number of aliphatic carboxylic acids is 1. The fourth-order valence-corrected chi connectivity index (χ4v) is 3.02. The molecule has 19 heavy (non-hydrogen) atoms. The van der Waals surface area contributed by atoms with Gasteiger partial charge in [0.25, 0.3) is 0 Å². The number of pyridine rings is 1. The van der Waals surface area contributed by atoms with Crippen molar-refractivity contribution in [3.63, 3.8) is 0 Å². The summed E-state index contributed by atoms with van der Waals surface area (Å²) in [7, 11) is -3.65. The van der Waals surface area contributed by atoms with E-state index in [1.54, 1.807) is 0 Å². The number of carboxylic acid groups (broad SMARTS) is 1. The summed E-state index contributed by atoms with van der Waals surface area (Å²) in [5.74, 6) is -2.91. The molecule has 1 aromatic rings. The topological polar surface area (TPSA) is 113 Å². The number of sulfone groups is 1. The summed E-state index contributed by atoms with van der Waals surface area (Å²) < 4.78 is 23.7. The highest BCUT2D eigenvalue weighted by atomic mass is 32.2. The van der Waals surface area contributed by atoms with Gasteiger partial charge in [0.2, 0.25) is 5.91 Å². The molecule has 0 aliphatic carbocycles. The van der Waals surface area contributed by atoms with Gasteiger partial charge in [-0.1, -0.05) is 0 Å². The van der Waals surface area contributed by atoms with Crippen molar-refractivity contribution in [1.82, 2.24) is 10.3 Å². The molecular weight excluding hydrogens is 272 g/mol. The Morgan fingerprint density at radius 2 is 1.95 bits per heavy atom. The molecule has 0 spiro atoms. The van der Waals surface area contributed by atoms with E-state index in [-0.39, 0.29) is 5.75 Å². The monoisotopic (exact) mass is 286 g/mol. The van der Waals surface area contributed by atoms with Gasteiger partial charge in [0.1, 0.15) is 6.04 Å². The van der Waals surface area contributed by atoms with Crippen LogP contribution >= 0.6 is 0 Å². The number of amides is 1. The average molecular weight is 286 g/mol. The van der Waals surface area contributed by atoms with Crippen molar-refractivity contribution >= 4 is 21.7 Å². The van der Waals surface area contributed by atoms with Gasteiger partial charge in [-0.15, -0.1) is 0 Å². The molecule has 1 atom stereocenters. The fourth-order valence-electron chi connectivity index (χ4n) is 1.47. The number of carbonyl (C=O) groups excluding carboxylic acids is 1. The van der Waals surface area contributed by atoms with Crippen LogP contribution in [0.15, 0.2) is 24.5 Å². The van der Waals surface area contributed by atoms with Gasteiger partial charge in [-0.25, -0.2) is 13.2 Å². The standard InChI is InChI=1S/C11H14N2O5S/c1-8(14)13-10(11(15)16)7-19(17,18)6-9-2-4-12-5-3-9/h2-5,10H,6-7H2,1H3,(H,13,14)(H,15,16)/t10-/m0/s1. The number of nitrogens with one attached hydrogen (secondary N) is 1. The molecule has 0 saturated heterocycles. The first-order valence-corrected chi connectivity index (χ1v) is 7.21. The minimum atomic E-state index is -3.65. The maximum Gasteiger partial charge on any atom is 0.327 e. The molecule has 0 unspecified atom stereocenters. The predicted molar refractivity (Wildman–Crippen MR) is 67.0 cm³/mol. The Bertz CT molecular complexity index is 556. The predicted octanol–water partition coefficient (Wildman–Crippen LogP) is -0.414. The van der Waals surface area contributed by atoms with E-state index in [4.69, 9.17) is 5.11 Å². The van der Waals surface area contributed by atoms with E-state index in [9.17, 15) is 18.0 Å². The van der Waals surface area contributed by atoms with E-state index in [2.05, 4.69) is 10.3 Å². The Morgan fingerprint density at radius 1 is 1.37 bits per heavy atom. The molecule has 7 nitrogen and oxygen atoms in total. The van der Waals surface area contributed by atoms with E-state index in [0.717, 1.165) is 6.92 Å². The molecule has 0 fully saturated rings. The van der Waals surface area contributed by atoms with Crippen LogP contribution in [0.25, 0.3) is 0 Å². The summed E-state index contributed by atoms with van der Waals surface area (Å²) >= 11 is 0. The molecule has 0 aliphatic heterocycles. The first kappa shape index (κ1) is 15.1. The second kappa shape index (κ2) is 6.28. The van der Waals surface area contributed by atoms with Crippen molar-refractivity contribution < 1.29 is 23.1 Å². The third kappa shape index (κ3) is 5.47. The molecule has 0 aromatic carbocycles. The Balaban J connectivity index is 2.77. The molecule has 1 rings (SSSR count). The van der Waals surface area contributed by atoms with Crippen LogP contribution in [0.3, 0.4) is 0 Å². The van der Waals surface area contributed by atoms with Crippen LogP contribution in [0.5, 0.6) is 0 Å². The number of carboxylic acids is 1. The number of hydrogen-bond donors (Lipinski definition) is 2. The van der Waals surface area contributed by atoms with Crippen molar-refractivity contribution in [2.24, 2.45) is 0 Å². The maximum absolute atomic E-state index is 11.9. The zero-order valence-corrected chi connectivity index (χ0v) is 11.1. The Kier molecular flexibility index (Phi) is 4.99. The lowest BCUT2D eigenvalue weighted by Gasteiger charge is -2.13. The van der Waals surface area contributed by atoms with Crippen molar-refractivity contribution in [3.05, 3.63) is 30.1 Å². The Labute approximate surface area is 110 Å². The summed E-state index contributed by atoms with van der Waals surface area (Å²) in [5.41, 5.74) is 0.516. The molecule has 0 saturated carbocycles. The van der Waals surface area contributed by atoms with E-state index < -0.39 is 33.5 Å². The normalized spacial score (nSPS) is 12.7. The van der Waals surface area contributed by atoms with Crippen LogP contribution in [0.1, 0.15) is 12.5 Å². The molecular formula is C11H14N2O5S. The van der Waals surface area contributed by atoms with E-state index >= 15 is 0 Å².